The zero-order valence-corrected chi connectivity index (χ0v) is 11.4. The molecule has 0 fully saturated rings. The van der Waals surface area contributed by atoms with E-state index in [0.717, 1.165) is 29.3 Å². The van der Waals surface area contributed by atoms with Crippen molar-refractivity contribution in [3.63, 3.8) is 0 Å². The fraction of sp³-hybridized carbons (Fsp3) is 0.400. The number of aliphatic hydroxyl groups excluding tert-OH is 1. The van der Waals surface area contributed by atoms with Crippen LogP contribution in [0.25, 0.3) is 11.3 Å². The van der Waals surface area contributed by atoms with Gasteiger partial charge in [-0.25, -0.2) is 4.98 Å². The van der Waals surface area contributed by atoms with Gasteiger partial charge in [0.25, 0.3) is 0 Å². The molecule has 1 aromatic heterocycles. The van der Waals surface area contributed by atoms with E-state index < -0.39 is 0 Å². The molecular weight excluding hydrogens is 240 g/mol. The summed E-state index contributed by atoms with van der Waals surface area (Å²) in [6.45, 7) is 4.80. The van der Waals surface area contributed by atoms with E-state index in [-0.39, 0.29) is 12.5 Å². The van der Waals surface area contributed by atoms with Crippen molar-refractivity contribution >= 4 is 0 Å². The topological polar surface area (TPSA) is 58.1 Å². The molecule has 0 saturated carbocycles. The summed E-state index contributed by atoms with van der Waals surface area (Å²) in [4.78, 5) is 7.62. The first-order valence-electron chi connectivity index (χ1n) is 6.67. The molecule has 1 unspecified atom stereocenters. The van der Waals surface area contributed by atoms with Crippen molar-refractivity contribution in [2.45, 2.75) is 26.2 Å². The number of aromatic nitrogens is 2. The van der Waals surface area contributed by atoms with Gasteiger partial charge in [-0.2, -0.15) is 0 Å². The third-order valence-corrected chi connectivity index (χ3v) is 3.17. The molecular formula is C15H20N2O2. The number of aliphatic hydroxyl groups is 1. The van der Waals surface area contributed by atoms with Gasteiger partial charge in [-0.3, -0.25) is 0 Å². The van der Waals surface area contributed by atoms with E-state index in [1.807, 2.05) is 44.3 Å². The molecule has 0 radical (unpaired) electrons. The van der Waals surface area contributed by atoms with E-state index in [4.69, 9.17) is 4.74 Å². The lowest BCUT2D eigenvalue weighted by Gasteiger charge is -2.07. The maximum Gasteiger partial charge on any atom is 0.119 e. The summed E-state index contributed by atoms with van der Waals surface area (Å²) in [6.07, 6.45) is 2.68. The van der Waals surface area contributed by atoms with Crippen molar-refractivity contribution in [2.75, 3.05) is 13.2 Å². The SMILES string of the molecule is CCOc1ccc(-c2cnc(C(CC)CO)[nH]2)cc1. The molecule has 1 aromatic carbocycles. The maximum absolute atomic E-state index is 9.28. The lowest BCUT2D eigenvalue weighted by Crippen LogP contribution is -2.04. The summed E-state index contributed by atoms with van der Waals surface area (Å²) in [5.74, 6) is 1.79. The second-order valence-corrected chi connectivity index (χ2v) is 4.43. The molecule has 0 saturated heterocycles. The van der Waals surface area contributed by atoms with Gasteiger partial charge < -0.3 is 14.8 Å². The van der Waals surface area contributed by atoms with Crippen LogP contribution in [0, 0.1) is 0 Å². The van der Waals surface area contributed by atoms with Crippen molar-refractivity contribution in [3.8, 4) is 17.0 Å². The fourth-order valence-corrected chi connectivity index (χ4v) is 2.00. The van der Waals surface area contributed by atoms with E-state index in [2.05, 4.69) is 9.97 Å². The Morgan fingerprint density at radius 3 is 2.58 bits per heavy atom. The Morgan fingerprint density at radius 1 is 1.26 bits per heavy atom. The first-order valence-corrected chi connectivity index (χ1v) is 6.67. The normalized spacial score (nSPS) is 12.4. The minimum absolute atomic E-state index is 0.0800. The van der Waals surface area contributed by atoms with Crippen molar-refractivity contribution in [1.29, 1.82) is 0 Å². The van der Waals surface area contributed by atoms with Gasteiger partial charge in [-0.15, -0.1) is 0 Å². The summed E-state index contributed by atoms with van der Waals surface area (Å²) in [6, 6.07) is 7.90. The Morgan fingerprint density at radius 2 is 2.00 bits per heavy atom. The number of nitrogens with zero attached hydrogens (tertiary/aromatic N) is 1. The predicted octanol–water partition coefficient (Wildman–Crippen LogP) is 2.96. The maximum atomic E-state index is 9.28. The van der Waals surface area contributed by atoms with Crippen LogP contribution in [0.5, 0.6) is 5.75 Å². The standard InChI is InChI=1S/C15H20N2O2/c1-3-11(10-18)15-16-9-14(17-15)12-5-7-13(8-6-12)19-4-2/h5-9,11,18H,3-4,10H2,1-2H3,(H,16,17). The predicted molar refractivity (Wildman–Crippen MR) is 75.3 cm³/mol. The minimum Gasteiger partial charge on any atom is -0.494 e. The summed E-state index contributed by atoms with van der Waals surface area (Å²) in [5.41, 5.74) is 2.03. The van der Waals surface area contributed by atoms with Crippen LogP contribution in [0.15, 0.2) is 30.5 Å². The highest BCUT2D eigenvalue weighted by molar-refractivity contribution is 5.59. The minimum atomic E-state index is 0.0800. The van der Waals surface area contributed by atoms with E-state index in [1.165, 1.54) is 0 Å². The van der Waals surface area contributed by atoms with Crippen LogP contribution in [0.3, 0.4) is 0 Å². The van der Waals surface area contributed by atoms with Crippen LogP contribution >= 0.6 is 0 Å². The quantitative estimate of drug-likeness (QED) is 0.839. The van der Waals surface area contributed by atoms with E-state index in [1.54, 1.807) is 0 Å². The van der Waals surface area contributed by atoms with Crippen LogP contribution in [-0.4, -0.2) is 28.3 Å². The van der Waals surface area contributed by atoms with Crippen LogP contribution in [0.1, 0.15) is 32.0 Å². The molecule has 4 nitrogen and oxygen atoms in total. The molecule has 1 atom stereocenters. The van der Waals surface area contributed by atoms with Gasteiger partial charge in [0.1, 0.15) is 11.6 Å². The Labute approximate surface area is 113 Å². The average Bonchev–Trinajstić information content (AvgIpc) is 2.91. The summed E-state index contributed by atoms with van der Waals surface area (Å²) in [7, 11) is 0. The zero-order chi connectivity index (χ0) is 13.7. The molecule has 1 heterocycles. The Bertz CT molecular complexity index is 501. The van der Waals surface area contributed by atoms with Crippen molar-refractivity contribution in [3.05, 3.63) is 36.3 Å². The molecule has 0 aliphatic heterocycles. The highest BCUT2D eigenvalue weighted by Crippen LogP contribution is 2.23. The van der Waals surface area contributed by atoms with E-state index in [9.17, 15) is 5.11 Å². The third kappa shape index (κ3) is 3.15. The summed E-state index contributed by atoms with van der Waals surface area (Å²) < 4.78 is 5.42. The number of hydrogen-bond donors (Lipinski definition) is 2. The van der Waals surface area contributed by atoms with Crippen LogP contribution in [-0.2, 0) is 0 Å². The van der Waals surface area contributed by atoms with E-state index >= 15 is 0 Å². The largest absolute Gasteiger partial charge is 0.494 e. The number of hydrogen-bond acceptors (Lipinski definition) is 3. The highest BCUT2D eigenvalue weighted by atomic mass is 16.5. The lowest BCUT2D eigenvalue weighted by molar-refractivity contribution is 0.258. The molecule has 19 heavy (non-hydrogen) atoms. The second kappa shape index (κ2) is 6.38. The molecule has 0 aliphatic carbocycles. The Balaban J connectivity index is 2.17. The average molecular weight is 260 g/mol. The summed E-state index contributed by atoms with van der Waals surface area (Å²) >= 11 is 0. The fourth-order valence-electron chi connectivity index (χ4n) is 2.00. The number of H-pyrrole nitrogens is 1. The van der Waals surface area contributed by atoms with Gasteiger partial charge in [-0.1, -0.05) is 6.92 Å². The number of aromatic amines is 1. The molecule has 2 rings (SSSR count). The van der Waals surface area contributed by atoms with Crippen LogP contribution in [0.4, 0.5) is 0 Å². The van der Waals surface area contributed by atoms with Crippen molar-refractivity contribution in [2.24, 2.45) is 0 Å². The van der Waals surface area contributed by atoms with Gasteiger partial charge in [0.15, 0.2) is 0 Å². The van der Waals surface area contributed by atoms with Gasteiger partial charge in [0.2, 0.25) is 0 Å². The van der Waals surface area contributed by atoms with Crippen LogP contribution < -0.4 is 4.74 Å². The van der Waals surface area contributed by atoms with Crippen LogP contribution in [0.2, 0.25) is 0 Å². The zero-order valence-electron chi connectivity index (χ0n) is 11.4. The molecule has 0 aliphatic rings. The third-order valence-electron chi connectivity index (χ3n) is 3.17. The Hall–Kier alpha value is -1.81. The number of benzene rings is 1. The molecule has 4 heteroatoms. The molecule has 0 amide bonds. The monoisotopic (exact) mass is 260 g/mol. The Kier molecular flexibility index (Phi) is 4.58. The number of nitrogens with one attached hydrogen (secondary N) is 1. The molecule has 2 N–H and O–H groups in total. The van der Waals surface area contributed by atoms with Gasteiger partial charge in [-0.05, 0) is 43.2 Å². The molecule has 0 bridgehead atoms. The first-order chi connectivity index (χ1) is 9.28. The highest BCUT2D eigenvalue weighted by Gasteiger charge is 2.12. The van der Waals surface area contributed by atoms with Gasteiger partial charge in [0.05, 0.1) is 25.1 Å². The number of rotatable bonds is 6. The molecule has 102 valence electrons. The number of ether oxygens (including phenoxy) is 1. The van der Waals surface area contributed by atoms with Crippen molar-refractivity contribution < 1.29 is 9.84 Å². The molecule has 0 spiro atoms. The van der Waals surface area contributed by atoms with Crippen molar-refractivity contribution in [1.82, 2.24) is 9.97 Å². The lowest BCUT2D eigenvalue weighted by atomic mass is 10.1. The summed E-state index contributed by atoms with van der Waals surface area (Å²) in [5, 5.41) is 9.28. The first kappa shape index (κ1) is 13.6. The van der Waals surface area contributed by atoms with E-state index in [0.29, 0.717) is 6.61 Å². The number of imidazole rings is 1. The van der Waals surface area contributed by atoms with Gasteiger partial charge in [0, 0.05) is 5.92 Å². The second-order valence-electron chi connectivity index (χ2n) is 4.43. The molecule has 2 aromatic rings. The smallest absolute Gasteiger partial charge is 0.119 e. The van der Waals surface area contributed by atoms with Gasteiger partial charge >= 0.3 is 0 Å².